The van der Waals surface area contributed by atoms with Crippen molar-refractivity contribution in [2.45, 2.75) is 6.92 Å². The van der Waals surface area contributed by atoms with Crippen LogP contribution in [0.15, 0.2) is 83.8 Å². The molecule has 0 spiro atoms. The molecule has 0 aliphatic carbocycles. The lowest BCUT2D eigenvalue weighted by molar-refractivity contribution is -0.116. The molecule has 9 heteroatoms. The molecule has 0 aliphatic rings. The first-order valence-corrected chi connectivity index (χ1v) is 12.2. The number of nitrogens with zero attached hydrogens (tertiary/aromatic N) is 4. The number of para-hydroxylation sites is 1. The van der Waals surface area contributed by atoms with Crippen LogP contribution >= 0.6 is 22.7 Å². The lowest BCUT2D eigenvalue weighted by Gasteiger charge is -2.17. The zero-order valence-corrected chi connectivity index (χ0v) is 19.7. The van der Waals surface area contributed by atoms with Crippen molar-refractivity contribution in [1.82, 2.24) is 14.4 Å². The third kappa shape index (κ3) is 4.66. The summed E-state index contributed by atoms with van der Waals surface area (Å²) in [5.74, 6) is -0.399. The Labute approximate surface area is 203 Å². The third-order valence-electron chi connectivity index (χ3n) is 4.98. The summed E-state index contributed by atoms with van der Waals surface area (Å²) >= 11 is 2.93. The number of nitrogens with one attached hydrogen (secondary N) is 1. The Bertz CT molecular complexity index is 1450. The van der Waals surface area contributed by atoms with Gasteiger partial charge in [0.15, 0.2) is 10.1 Å². The number of hydrogen-bond donors (Lipinski definition) is 1. The summed E-state index contributed by atoms with van der Waals surface area (Å²) in [6, 6.07) is 16.9. The standard InChI is InChI=1S/C25H19N5O2S2/c1-17(31)30(21-5-3-2-4-6-21)25-27-20(16-34-25)11-12-23(32)26-19-9-7-18(8-10-19)22-15-29-13-14-33-24(29)28-22/h2-16H,1H3,(H,26,32)/b12-11+. The summed E-state index contributed by atoms with van der Waals surface area (Å²) < 4.78 is 1.99. The molecule has 0 fully saturated rings. The molecular formula is C25H19N5O2S2. The molecule has 3 heterocycles. The number of rotatable bonds is 6. The molecule has 1 N–H and O–H groups in total. The van der Waals surface area contributed by atoms with E-state index in [0.717, 1.165) is 21.9 Å². The smallest absolute Gasteiger partial charge is 0.248 e. The fourth-order valence-corrected chi connectivity index (χ4v) is 4.95. The molecule has 34 heavy (non-hydrogen) atoms. The fraction of sp³-hybridized carbons (Fsp3) is 0.0400. The normalized spacial score (nSPS) is 11.2. The molecule has 2 amide bonds. The molecular weight excluding hydrogens is 466 g/mol. The van der Waals surface area contributed by atoms with E-state index in [1.165, 1.54) is 24.3 Å². The molecule has 0 unspecified atom stereocenters. The van der Waals surface area contributed by atoms with Gasteiger partial charge in [-0.05, 0) is 30.3 Å². The van der Waals surface area contributed by atoms with Crippen LogP contribution in [0.4, 0.5) is 16.5 Å². The maximum absolute atomic E-state index is 12.4. The number of fused-ring (bicyclic) bond motifs is 1. The van der Waals surface area contributed by atoms with Crippen molar-refractivity contribution >= 4 is 62.0 Å². The molecule has 0 bridgehead atoms. The second kappa shape index (κ2) is 9.42. The van der Waals surface area contributed by atoms with E-state index in [-0.39, 0.29) is 11.8 Å². The Hall–Kier alpha value is -4.08. The largest absolute Gasteiger partial charge is 0.323 e. The molecule has 0 saturated carbocycles. The monoisotopic (exact) mass is 485 g/mol. The molecule has 0 radical (unpaired) electrons. The van der Waals surface area contributed by atoms with Gasteiger partial charge < -0.3 is 5.32 Å². The Kier molecular flexibility index (Phi) is 6.03. The second-order valence-electron chi connectivity index (χ2n) is 7.36. The number of benzene rings is 2. The Morgan fingerprint density at radius 1 is 1.03 bits per heavy atom. The van der Waals surface area contributed by atoms with Crippen LogP contribution in [0.2, 0.25) is 0 Å². The van der Waals surface area contributed by atoms with Gasteiger partial charge in [-0.15, -0.1) is 22.7 Å². The van der Waals surface area contributed by atoms with Crippen LogP contribution in [0.5, 0.6) is 0 Å². The Morgan fingerprint density at radius 3 is 2.56 bits per heavy atom. The summed E-state index contributed by atoms with van der Waals surface area (Å²) in [5, 5.41) is 7.20. The lowest BCUT2D eigenvalue weighted by Crippen LogP contribution is -2.22. The van der Waals surface area contributed by atoms with Crippen molar-refractivity contribution in [1.29, 1.82) is 0 Å². The number of anilines is 3. The average molecular weight is 486 g/mol. The highest BCUT2D eigenvalue weighted by Gasteiger charge is 2.17. The van der Waals surface area contributed by atoms with Gasteiger partial charge in [-0.25, -0.2) is 9.97 Å². The minimum absolute atomic E-state index is 0.132. The van der Waals surface area contributed by atoms with E-state index < -0.39 is 0 Å². The highest BCUT2D eigenvalue weighted by atomic mass is 32.1. The number of hydrogen-bond acceptors (Lipinski definition) is 6. The lowest BCUT2D eigenvalue weighted by atomic mass is 10.1. The van der Waals surface area contributed by atoms with Gasteiger partial charge in [0.05, 0.1) is 17.1 Å². The number of thiazole rings is 2. The van der Waals surface area contributed by atoms with E-state index in [1.54, 1.807) is 22.3 Å². The van der Waals surface area contributed by atoms with Crippen LogP contribution in [0.3, 0.4) is 0 Å². The number of aromatic nitrogens is 3. The van der Waals surface area contributed by atoms with Gasteiger partial charge >= 0.3 is 0 Å². The van der Waals surface area contributed by atoms with Crippen molar-refractivity contribution in [3.63, 3.8) is 0 Å². The van der Waals surface area contributed by atoms with Crippen molar-refractivity contribution in [3.05, 3.63) is 89.5 Å². The predicted molar refractivity (Wildman–Crippen MR) is 138 cm³/mol. The van der Waals surface area contributed by atoms with Crippen LogP contribution in [0.25, 0.3) is 22.3 Å². The molecule has 5 aromatic rings. The molecule has 0 aliphatic heterocycles. The maximum atomic E-state index is 12.4. The third-order valence-corrected chi connectivity index (χ3v) is 6.59. The van der Waals surface area contributed by atoms with E-state index in [2.05, 4.69) is 15.3 Å². The summed E-state index contributed by atoms with van der Waals surface area (Å²) in [5.41, 5.74) is 3.90. The molecule has 7 nitrogen and oxygen atoms in total. The van der Waals surface area contributed by atoms with Gasteiger partial charge in [0.2, 0.25) is 11.8 Å². The molecule has 168 valence electrons. The van der Waals surface area contributed by atoms with Crippen molar-refractivity contribution in [2.24, 2.45) is 0 Å². The SMILES string of the molecule is CC(=O)N(c1ccccc1)c1nc(/C=C/C(=O)Nc2ccc(-c3cn4ccsc4n3)cc2)cs1. The van der Waals surface area contributed by atoms with E-state index in [4.69, 9.17) is 0 Å². The molecule has 2 aromatic carbocycles. The zero-order valence-electron chi connectivity index (χ0n) is 18.1. The van der Waals surface area contributed by atoms with Gasteiger partial charge in [0.25, 0.3) is 0 Å². The topological polar surface area (TPSA) is 79.6 Å². The summed E-state index contributed by atoms with van der Waals surface area (Å²) in [4.78, 5) is 36.1. The van der Waals surface area contributed by atoms with Crippen molar-refractivity contribution < 1.29 is 9.59 Å². The highest BCUT2D eigenvalue weighted by Crippen LogP contribution is 2.29. The van der Waals surface area contributed by atoms with Gasteiger partial charge in [0, 0.05) is 47.4 Å². The van der Waals surface area contributed by atoms with Crippen LogP contribution in [0.1, 0.15) is 12.6 Å². The molecule has 0 atom stereocenters. The predicted octanol–water partition coefficient (Wildman–Crippen LogP) is 5.86. The van der Waals surface area contributed by atoms with E-state index in [1.807, 2.05) is 82.2 Å². The molecule has 0 saturated heterocycles. The number of imidazole rings is 1. The zero-order chi connectivity index (χ0) is 23.5. The van der Waals surface area contributed by atoms with Crippen LogP contribution < -0.4 is 10.2 Å². The summed E-state index contributed by atoms with van der Waals surface area (Å²) in [7, 11) is 0. The minimum Gasteiger partial charge on any atom is -0.323 e. The quantitative estimate of drug-likeness (QED) is 0.306. The summed E-state index contributed by atoms with van der Waals surface area (Å²) in [6.45, 7) is 1.50. The highest BCUT2D eigenvalue weighted by molar-refractivity contribution is 7.15. The van der Waals surface area contributed by atoms with Crippen molar-refractivity contribution in [2.75, 3.05) is 10.2 Å². The van der Waals surface area contributed by atoms with Gasteiger partial charge in [-0.2, -0.15) is 0 Å². The number of amides is 2. The Morgan fingerprint density at radius 2 is 1.82 bits per heavy atom. The first-order valence-electron chi connectivity index (χ1n) is 10.4. The van der Waals surface area contributed by atoms with E-state index in [0.29, 0.717) is 16.5 Å². The summed E-state index contributed by atoms with van der Waals surface area (Å²) in [6.07, 6.45) is 7.01. The van der Waals surface area contributed by atoms with Gasteiger partial charge in [-0.3, -0.25) is 18.9 Å². The Balaban J connectivity index is 1.24. The average Bonchev–Trinajstić information content (AvgIpc) is 3.56. The first kappa shape index (κ1) is 21.7. The van der Waals surface area contributed by atoms with E-state index >= 15 is 0 Å². The van der Waals surface area contributed by atoms with Gasteiger partial charge in [-0.1, -0.05) is 30.3 Å². The molecule has 5 rings (SSSR count). The van der Waals surface area contributed by atoms with Crippen LogP contribution in [-0.2, 0) is 9.59 Å². The molecule has 3 aromatic heterocycles. The number of carbonyl (C=O) groups excluding carboxylic acids is 2. The van der Waals surface area contributed by atoms with Gasteiger partial charge in [0.1, 0.15) is 0 Å². The van der Waals surface area contributed by atoms with E-state index in [9.17, 15) is 9.59 Å². The van der Waals surface area contributed by atoms with Crippen LogP contribution in [-0.4, -0.2) is 26.2 Å². The minimum atomic E-state index is -0.267. The number of carbonyl (C=O) groups is 2. The second-order valence-corrected chi connectivity index (χ2v) is 9.07. The van der Waals surface area contributed by atoms with Crippen LogP contribution in [0, 0.1) is 0 Å². The van der Waals surface area contributed by atoms with Crippen molar-refractivity contribution in [3.8, 4) is 11.3 Å². The fourth-order valence-electron chi connectivity index (χ4n) is 3.40. The maximum Gasteiger partial charge on any atom is 0.248 e. The first-order chi connectivity index (χ1) is 16.6.